The van der Waals surface area contributed by atoms with E-state index in [4.69, 9.17) is 9.47 Å². The lowest BCUT2D eigenvalue weighted by Gasteiger charge is -2.20. The Hall–Kier alpha value is -1.38. The van der Waals surface area contributed by atoms with Crippen molar-refractivity contribution in [2.75, 3.05) is 26.2 Å². The van der Waals surface area contributed by atoms with E-state index in [1.165, 1.54) is 11.3 Å². The van der Waals surface area contributed by atoms with E-state index in [1.54, 1.807) is 14.2 Å². The van der Waals surface area contributed by atoms with Crippen molar-refractivity contribution in [2.45, 2.75) is 25.8 Å². The van der Waals surface area contributed by atoms with E-state index in [-0.39, 0.29) is 0 Å². The highest BCUT2D eigenvalue weighted by atomic mass is 16.5. The third kappa shape index (κ3) is 1.42. The molecule has 88 valence electrons. The molecule has 0 saturated heterocycles. The van der Waals surface area contributed by atoms with Crippen LogP contribution < -0.4 is 14.4 Å². The lowest BCUT2D eigenvalue weighted by atomic mass is 9.98. The molecule has 1 aromatic rings. The van der Waals surface area contributed by atoms with Gasteiger partial charge in [-0.2, -0.15) is 0 Å². The Balaban J connectivity index is 2.55. The molecule has 0 N–H and O–H groups in total. The predicted molar refractivity (Wildman–Crippen MR) is 65.8 cm³/mol. The number of methoxy groups -OCH3 is 2. The third-order valence-corrected chi connectivity index (χ3v) is 3.74. The number of hydrogen-bond acceptors (Lipinski definition) is 3. The lowest BCUT2D eigenvalue weighted by molar-refractivity contribution is 0.354. The summed E-state index contributed by atoms with van der Waals surface area (Å²) in [4.78, 5) is 2.29. The van der Waals surface area contributed by atoms with Crippen LogP contribution in [-0.2, 0) is 0 Å². The van der Waals surface area contributed by atoms with Crippen LogP contribution in [0.3, 0.4) is 0 Å². The highest BCUT2D eigenvalue weighted by molar-refractivity contribution is 5.67. The van der Waals surface area contributed by atoms with Gasteiger partial charge in [-0.25, -0.2) is 0 Å². The summed E-state index contributed by atoms with van der Waals surface area (Å²) in [5.41, 5.74) is 2.59. The van der Waals surface area contributed by atoms with Crippen molar-refractivity contribution in [3.8, 4) is 11.5 Å². The van der Waals surface area contributed by atoms with Gasteiger partial charge in [-0.15, -0.1) is 0 Å². The first-order valence-corrected chi connectivity index (χ1v) is 5.59. The Kier molecular flexibility index (Phi) is 2.70. The summed E-state index contributed by atoms with van der Waals surface area (Å²) < 4.78 is 10.7. The SMILES string of the molecule is COc1cc2c(cc1OC)N(C)C(C)C2C. The van der Waals surface area contributed by atoms with Crippen molar-refractivity contribution in [1.29, 1.82) is 0 Å². The van der Waals surface area contributed by atoms with Gasteiger partial charge in [-0.1, -0.05) is 6.92 Å². The molecule has 0 radical (unpaired) electrons. The molecule has 16 heavy (non-hydrogen) atoms. The summed E-state index contributed by atoms with van der Waals surface area (Å²) in [6.07, 6.45) is 0. The molecule has 1 aromatic carbocycles. The number of fused-ring (bicyclic) bond motifs is 1. The predicted octanol–water partition coefficient (Wildman–Crippen LogP) is 2.65. The van der Waals surface area contributed by atoms with Crippen LogP contribution in [0.25, 0.3) is 0 Å². The number of nitrogens with zero attached hydrogens (tertiary/aromatic N) is 1. The molecule has 1 heterocycles. The van der Waals surface area contributed by atoms with E-state index in [1.807, 2.05) is 0 Å². The highest BCUT2D eigenvalue weighted by Gasteiger charge is 2.31. The molecule has 2 atom stereocenters. The second-order valence-corrected chi connectivity index (χ2v) is 4.41. The number of likely N-dealkylation sites (N-methyl/N-ethyl adjacent to an activating group) is 1. The van der Waals surface area contributed by atoms with Gasteiger partial charge in [0.2, 0.25) is 0 Å². The Morgan fingerprint density at radius 1 is 1.06 bits per heavy atom. The summed E-state index contributed by atoms with van der Waals surface area (Å²) >= 11 is 0. The Bertz CT molecular complexity index is 366. The maximum absolute atomic E-state index is 5.34. The number of hydrogen-bond donors (Lipinski definition) is 0. The van der Waals surface area contributed by atoms with Gasteiger partial charge in [0.25, 0.3) is 0 Å². The molecule has 2 unspecified atom stereocenters. The van der Waals surface area contributed by atoms with Gasteiger partial charge in [-0.05, 0) is 18.6 Å². The first-order chi connectivity index (χ1) is 7.60. The Labute approximate surface area is 97.0 Å². The van der Waals surface area contributed by atoms with Crippen LogP contribution in [-0.4, -0.2) is 27.3 Å². The maximum Gasteiger partial charge on any atom is 0.162 e. The summed E-state index contributed by atoms with van der Waals surface area (Å²) in [5, 5.41) is 0. The van der Waals surface area contributed by atoms with Crippen LogP contribution >= 0.6 is 0 Å². The Morgan fingerprint density at radius 2 is 1.62 bits per heavy atom. The fourth-order valence-electron chi connectivity index (χ4n) is 2.37. The molecule has 3 heteroatoms. The zero-order chi connectivity index (χ0) is 11.9. The van der Waals surface area contributed by atoms with Gasteiger partial charge in [0.15, 0.2) is 11.5 Å². The first kappa shape index (κ1) is 11.1. The molecule has 0 aliphatic carbocycles. The van der Waals surface area contributed by atoms with Gasteiger partial charge in [-0.3, -0.25) is 0 Å². The Morgan fingerprint density at radius 3 is 2.19 bits per heavy atom. The van der Waals surface area contributed by atoms with Gasteiger partial charge in [0.05, 0.1) is 14.2 Å². The number of benzene rings is 1. The van der Waals surface area contributed by atoms with E-state index in [0.717, 1.165) is 11.5 Å². The van der Waals surface area contributed by atoms with Crippen molar-refractivity contribution in [2.24, 2.45) is 0 Å². The monoisotopic (exact) mass is 221 g/mol. The average Bonchev–Trinajstić information content (AvgIpc) is 2.52. The average molecular weight is 221 g/mol. The van der Waals surface area contributed by atoms with Crippen LogP contribution in [0.1, 0.15) is 25.3 Å². The fraction of sp³-hybridized carbons (Fsp3) is 0.538. The van der Waals surface area contributed by atoms with E-state index in [0.29, 0.717) is 12.0 Å². The standard InChI is InChI=1S/C13H19NO2/c1-8-9(2)14(3)11-7-13(16-5)12(15-4)6-10(8)11/h6-9H,1-5H3. The quantitative estimate of drug-likeness (QED) is 0.766. The molecule has 3 nitrogen and oxygen atoms in total. The largest absolute Gasteiger partial charge is 0.493 e. The minimum atomic E-state index is 0.520. The fourth-order valence-corrected chi connectivity index (χ4v) is 2.37. The van der Waals surface area contributed by atoms with E-state index in [9.17, 15) is 0 Å². The number of anilines is 1. The molecule has 1 aliphatic rings. The van der Waals surface area contributed by atoms with Crippen LogP contribution in [0, 0.1) is 0 Å². The van der Waals surface area contributed by atoms with Gasteiger partial charge in [0.1, 0.15) is 0 Å². The molecule has 1 aliphatic heterocycles. The summed E-state index contributed by atoms with van der Waals surface area (Å²) in [6.45, 7) is 4.49. The highest BCUT2D eigenvalue weighted by Crippen LogP contribution is 2.45. The summed E-state index contributed by atoms with van der Waals surface area (Å²) in [5.74, 6) is 2.14. The maximum atomic E-state index is 5.34. The molecule has 2 rings (SSSR count). The lowest BCUT2D eigenvalue weighted by Crippen LogP contribution is -2.25. The van der Waals surface area contributed by atoms with E-state index >= 15 is 0 Å². The minimum absolute atomic E-state index is 0.520. The van der Waals surface area contributed by atoms with Crippen molar-refractivity contribution in [3.63, 3.8) is 0 Å². The van der Waals surface area contributed by atoms with E-state index < -0.39 is 0 Å². The van der Waals surface area contributed by atoms with Crippen LogP contribution in [0.15, 0.2) is 12.1 Å². The topological polar surface area (TPSA) is 21.7 Å². The normalized spacial score (nSPS) is 23.2. The van der Waals surface area contributed by atoms with Crippen molar-refractivity contribution < 1.29 is 9.47 Å². The zero-order valence-electron chi connectivity index (χ0n) is 10.6. The second-order valence-electron chi connectivity index (χ2n) is 4.41. The first-order valence-electron chi connectivity index (χ1n) is 5.59. The van der Waals surface area contributed by atoms with E-state index in [2.05, 4.69) is 37.9 Å². The zero-order valence-corrected chi connectivity index (χ0v) is 10.6. The molecule has 0 fully saturated rings. The third-order valence-electron chi connectivity index (χ3n) is 3.74. The second kappa shape index (κ2) is 3.89. The van der Waals surface area contributed by atoms with Crippen LogP contribution in [0.5, 0.6) is 11.5 Å². The minimum Gasteiger partial charge on any atom is -0.493 e. The molecule has 0 aromatic heterocycles. The van der Waals surface area contributed by atoms with Crippen LogP contribution in [0.4, 0.5) is 5.69 Å². The van der Waals surface area contributed by atoms with Gasteiger partial charge >= 0.3 is 0 Å². The molecule has 0 bridgehead atoms. The van der Waals surface area contributed by atoms with Gasteiger partial charge in [0, 0.05) is 30.8 Å². The van der Waals surface area contributed by atoms with Crippen LogP contribution in [0.2, 0.25) is 0 Å². The van der Waals surface area contributed by atoms with Crippen molar-refractivity contribution in [3.05, 3.63) is 17.7 Å². The molecule has 0 amide bonds. The van der Waals surface area contributed by atoms with Crippen molar-refractivity contribution >= 4 is 5.69 Å². The molecule has 0 saturated carbocycles. The summed E-state index contributed by atoms with van der Waals surface area (Å²) in [7, 11) is 5.47. The molecular formula is C13H19NO2. The molecule has 0 spiro atoms. The number of ether oxygens (including phenoxy) is 2. The van der Waals surface area contributed by atoms with Crippen molar-refractivity contribution in [1.82, 2.24) is 0 Å². The summed E-state index contributed by atoms with van der Waals surface area (Å²) in [6, 6.07) is 4.68. The van der Waals surface area contributed by atoms with Gasteiger partial charge < -0.3 is 14.4 Å². The molecular weight excluding hydrogens is 202 g/mol. The number of rotatable bonds is 2. The smallest absolute Gasteiger partial charge is 0.162 e.